The third kappa shape index (κ3) is 2.65. The molecule has 0 radical (unpaired) electrons. The van der Waals surface area contributed by atoms with Crippen LogP contribution < -0.4 is 0 Å². The fourth-order valence-electron chi connectivity index (χ4n) is 1.89. The summed E-state index contributed by atoms with van der Waals surface area (Å²) in [4.78, 5) is 0. The summed E-state index contributed by atoms with van der Waals surface area (Å²) in [6.45, 7) is 7.11. The fourth-order valence-corrected chi connectivity index (χ4v) is 2.98. The van der Waals surface area contributed by atoms with Gasteiger partial charge >= 0.3 is 0 Å². The van der Waals surface area contributed by atoms with Crippen molar-refractivity contribution in [1.82, 2.24) is 0 Å². The van der Waals surface area contributed by atoms with Gasteiger partial charge in [0.15, 0.2) is 0 Å². The highest BCUT2D eigenvalue weighted by molar-refractivity contribution is 7.86. The standard InChI is InChI=1S/C13H16O3S/c1-3-10-13(11-4-2,17(14,15)16)12-8-6-5-7-9-12/h3-9H,1-2,10-11H2,(H,14,15,16). The van der Waals surface area contributed by atoms with E-state index in [1.54, 1.807) is 30.3 Å². The molecule has 3 nitrogen and oxygen atoms in total. The maximum Gasteiger partial charge on any atom is 0.275 e. The van der Waals surface area contributed by atoms with Crippen LogP contribution in [0.15, 0.2) is 55.6 Å². The SMILES string of the molecule is C=CCC(CC=C)(c1ccccc1)S(=O)(=O)O. The Bertz CT molecular complexity index is 479. The van der Waals surface area contributed by atoms with Crippen molar-refractivity contribution in [2.75, 3.05) is 0 Å². The lowest BCUT2D eigenvalue weighted by molar-refractivity contribution is 0.425. The van der Waals surface area contributed by atoms with Crippen molar-refractivity contribution in [3.63, 3.8) is 0 Å². The van der Waals surface area contributed by atoms with Gasteiger partial charge in [0.2, 0.25) is 0 Å². The molecule has 0 amide bonds. The molecule has 0 aliphatic rings. The molecule has 0 spiro atoms. The van der Waals surface area contributed by atoms with E-state index in [0.29, 0.717) is 5.56 Å². The second-order valence-electron chi connectivity index (χ2n) is 3.82. The summed E-state index contributed by atoms with van der Waals surface area (Å²) in [6.07, 6.45) is 3.26. The molecule has 0 saturated carbocycles. The maximum atomic E-state index is 11.7. The minimum atomic E-state index is -4.25. The minimum absolute atomic E-state index is 0.141. The first-order valence-electron chi connectivity index (χ1n) is 5.22. The van der Waals surface area contributed by atoms with Crippen molar-refractivity contribution < 1.29 is 13.0 Å². The molecule has 0 atom stereocenters. The van der Waals surface area contributed by atoms with Crippen molar-refractivity contribution in [2.45, 2.75) is 17.6 Å². The zero-order chi connectivity index (χ0) is 12.9. The first-order chi connectivity index (χ1) is 7.98. The van der Waals surface area contributed by atoms with Gasteiger partial charge in [-0.3, -0.25) is 4.55 Å². The monoisotopic (exact) mass is 252 g/mol. The van der Waals surface area contributed by atoms with Crippen LogP contribution in [-0.4, -0.2) is 13.0 Å². The number of rotatable bonds is 6. The van der Waals surface area contributed by atoms with Crippen LogP contribution >= 0.6 is 0 Å². The van der Waals surface area contributed by atoms with E-state index >= 15 is 0 Å². The van der Waals surface area contributed by atoms with Gasteiger partial charge in [-0.15, -0.1) is 13.2 Å². The van der Waals surface area contributed by atoms with Crippen LogP contribution in [0, 0.1) is 0 Å². The third-order valence-electron chi connectivity index (χ3n) is 2.74. The largest absolute Gasteiger partial charge is 0.285 e. The van der Waals surface area contributed by atoms with Crippen LogP contribution in [0.5, 0.6) is 0 Å². The highest BCUT2D eigenvalue weighted by Crippen LogP contribution is 2.37. The Labute approximate surface area is 102 Å². The van der Waals surface area contributed by atoms with E-state index in [0.717, 1.165) is 0 Å². The molecule has 1 aromatic carbocycles. The number of allylic oxidation sites excluding steroid dienone is 2. The van der Waals surface area contributed by atoms with Gasteiger partial charge < -0.3 is 0 Å². The van der Waals surface area contributed by atoms with Crippen molar-refractivity contribution in [2.24, 2.45) is 0 Å². The molecule has 0 saturated heterocycles. The van der Waals surface area contributed by atoms with Gasteiger partial charge in [0.1, 0.15) is 4.75 Å². The predicted molar refractivity (Wildman–Crippen MR) is 69.3 cm³/mol. The molecule has 17 heavy (non-hydrogen) atoms. The molecule has 0 heterocycles. The van der Waals surface area contributed by atoms with Gasteiger partial charge in [-0.1, -0.05) is 42.5 Å². The zero-order valence-electron chi connectivity index (χ0n) is 9.54. The molecule has 1 N–H and O–H groups in total. The smallest absolute Gasteiger partial charge is 0.275 e. The second-order valence-corrected chi connectivity index (χ2v) is 5.55. The second kappa shape index (κ2) is 5.29. The molecule has 1 rings (SSSR count). The quantitative estimate of drug-likeness (QED) is 0.625. The van der Waals surface area contributed by atoms with Gasteiger partial charge in [-0.05, 0) is 18.4 Å². The predicted octanol–water partition coefficient (Wildman–Crippen LogP) is 2.92. The number of hydrogen-bond acceptors (Lipinski definition) is 2. The topological polar surface area (TPSA) is 54.4 Å². The molecule has 4 heteroatoms. The van der Waals surface area contributed by atoms with Crippen LogP contribution in [0.1, 0.15) is 18.4 Å². The lowest BCUT2D eigenvalue weighted by Crippen LogP contribution is -2.34. The first kappa shape index (κ1) is 13.7. The maximum absolute atomic E-state index is 11.7. The lowest BCUT2D eigenvalue weighted by Gasteiger charge is -2.29. The summed E-state index contributed by atoms with van der Waals surface area (Å²) in [7, 11) is -4.25. The molecule has 0 aliphatic heterocycles. The summed E-state index contributed by atoms with van der Waals surface area (Å²) < 4.78 is 31.5. The van der Waals surface area contributed by atoms with Crippen LogP contribution in [0.3, 0.4) is 0 Å². The normalized spacial score (nSPS) is 12.1. The number of hydrogen-bond donors (Lipinski definition) is 1. The molecule has 0 aliphatic carbocycles. The molecule has 92 valence electrons. The van der Waals surface area contributed by atoms with Crippen molar-refractivity contribution >= 4 is 10.1 Å². The summed E-state index contributed by atoms with van der Waals surface area (Å²) in [5, 5.41) is 0. The van der Waals surface area contributed by atoms with Crippen molar-refractivity contribution in [1.29, 1.82) is 0 Å². The van der Waals surface area contributed by atoms with Crippen LogP contribution in [0.2, 0.25) is 0 Å². The Morgan fingerprint density at radius 3 is 1.94 bits per heavy atom. The summed E-state index contributed by atoms with van der Waals surface area (Å²) >= 11 is 0. The van der Waals surface area contributed by atoms with Crippen LogP contribution in [0.4, 0.5) is 0 Å². The molecule has 0 bridgehead atoms. The highest BCUT2D eigenvalue weighted by Gasteiger charge is 2.42. The zero-order valence-corrected chi connectivity index (χ0v) is 10.4. The molecular formula is C13H16O3S. The summed E-state index contributed by atoms with van der Waals surface area (Å²) in [5.41, 5.74) is 0.544. The Morgan fingerprint density at radius 1 is 1.12 bits per heavy atom. The van der Waals surface area contributed by atoms with E-state index in [4.69, 9.17) is 0 Å². The Kier molecular flexibility index (Phi) is 4.26. The molecular weight excluding hydrogens is 236 g/mol. The Morgan fingerprint density at radius 2 is 1.59 bits per heavy atom. The van der Waals surface area contributed by atoms with Crippen LogP contribution in [0.25, 0.3) is 0 Å². The average molecular weight is 252 g/mol. The van der Waals surface area contributed by atoms with Gasteiger partial charge in [-0.2, -0.15) is 8.42 Å². The average Bonchev–Trinajstić information content (AvgIpc) is 2.28. The van der Waals surface area contributed by atoms with E-state index in [2.05, 4.69) is 13.2 Å². The molecule has 0 fully saturated rings. The van der Waals surface area contributed by atoms with E-state index in [-0.39, 0.29) is 12.8 Å². The fraction of sp³-hybridized carbons (Fsp3) is 0.231. The van der Waals surface area contributed by atoms with Gasteiger partial charge in [0.25, 0.3) is 10.1 Å². The van der Waals surface area contributed by atoms with Gasteiger partial charge in [0.05, 0.1) is 0 Å². The summed E-state index contributed by atoms with van der Waals surface area (Å²) in [5.74, 6) is 0. The Hall–Kier alpha value is -1.39. The first-order valence-corrected chi connectivity index (χ1v) is 6.66. The number of benzene rings is 1. The Balaban J connectivity index is 3.45. The van der Waals surface area contributed by atoms with E-state index in [1.807, 2.05) is 0 Å². The summed E-state index contributed by atoms with van der Waals surface area (Å²) in [6, 6.07) is 8.63. The lowest BCUT2D eigenvalue weighted by atomic mass is 9.91. The van der Waals surface area contributed by atoms with Crippen molar-refractivity contribution in [3.8, 4) is 0 Å². The van der Waals surface area contributed by atoms with Crippen molar-refractivity contribution in [3.05, 3.63) is 61.2 Å². The molecule has 0 unspecified atom stereocenters. The van der Waals surface area contributed by atoms with Crippen LogP contribution in [-0.2, 0) is 14.9 Å². The third-order valence-corrected chi connectivity index (χ3v) is 4.30. The molecule has 1 aromatic rings. The highest BCUT2D eigenvalue weighted by atomic mass is 32.2. The van der Waals surface area contributed by atoms with E-state index < -0.39 is 14.9 Å². The van der Waals surface area contributed by atoms with Gasteiger partial charge in [0, 0.05) is 0 Å². The van der Waals surface area contributed by atoms with Gasteiger partial charge in [-0.25, -0.2) is 0 Å². The van der Waals surface area contributed by atoms with E-state index in [9.17, 15) is 13.0 Å². The molecule has 0 aromatic heterocycles. The minimum Gasteiger partial charge on any atom is -0.285 e. The van der Waals surface area contributed by atoms with E-state index in [1.165, 1.54) is 12.2 Å².